The lowest BCUT2D eigenvalue weighted by Crippen LogP contribution is -2.73. The van der Waals surface area contributed by atoms with Gasteiger partial charge >= 0.3 is 0 Å². The van der Waals surface area contributed by atoms with E-state index in [4.69, 9.17) is 0 Å². The summed E-state index contributed by atoms with van der Waals surface area (Å²) in [5.74, 6) is -27.2. The van der Waals surface area contributed by atoms with Crippen LogP contribution in [-0.4, -0.2) is 35.2 Å². The molecule has 6 atom stereocenters. The third-order valence-corrected chi connectivity index (χ3v) is 33.3. The van der Waals surface area contributed by atoms with Gasteiger partial charge < -0.3 is 0 Å². The van der Waals surface area contributed by atoms with E-state index in [2.05, 4.69) is 62.4 Å². The van der Waals surface area contributed by atoms with Crippen LogP contribution in [0.25, 0.3) is 0 Å². The first-order valence-electron chi connectivity index (χ1n) is 28.0. The lowest BCUT2D eigenvalue weighted by atomic mass is 9.36. The number of hydrogen-bond acceptors (Lipinski definition) is 0. The zero-order valence-electron chi connectivity index (χ0n) is 48.4. The summed E-state index contributed by atoms with van der Waals surface area (Å²) in [6.45, 7) is 31.7. The molecule has 0 nitrogen and oxygen atoms in total. The molecule has 0 aromatic heterocycles. The molecule has 420 valence electrons. The molecular weight excluding hydrogens is 1040 g/mol. The molecular formula is C64H78B2F10P2. The number of rotatable bonds is 10. The number of fused-ring (bicyclic) bond motifs is 6. The minimum Gasteiger partial charge on any atom is -0.207 e. The molecule has 0 amide bonds. The van der Waals surface area contributed by atoms with E-state index in [9.17, 15) is 0 Å². The predicted octanol–water partition coefficient (Wildman–Crippen LogP) is 18.4. The van der Waals surface area contributed by atoms with Crippen LogP contribution in [0.15, 0.2) is 84.9 Å². The fourth-order valence-corrected chi connectivity index (χ4v) is 35.6. The van der Waals surface area contributed by atoms with Crippen molar-refractivity contribution in [3.8, 4) is 0 Å². The van der Waals surface area contributed by atoms with Crippen molar-refractivity contribution in [3.05, 3.63) is 188 Å². The number of hydrogen-bond donors (Lipinski definition) is 0. The molecule has 14 heteroatoms. The van der Waals surface area contributed by atoms with Crippen molar-refractivity contribution in [2.75, 3.05) is 12.3 Å². The largest absolute Gasteiger partial charge is 0.238 e. The highest BCUT2D eigenvalue weighted by molar-refractivity contribution is 8.32. The standard InChI is InChI=1S/C50H62B2F10P2.2C7H8/c1-23(2)31-19-33(25(5)6)49(34(20-31)26(7)8)63-17-15-52(29(63)13,38-41(55)45(59)48(62)46(60)42(38)56)64(50-35(27(9)10)21-32(24(3)4)22-36(50)28(11)12)18-16-51(63,30(64)14)37-39(53)43(57)47(61)44(58)40(37)54;2*1-7-5-3-2-4-6-7/h19-30H,15-18H2,1-14H3;2*2-6H,1H3/t29-,30+,51-,52+,63?,64?;;. The zero-order valence-corrected chi connectivity index (χ0v) is 50.1. The SMILES string of the molecule is CC(C)c1cc(C(C)C)c([P+]23CC[B@@-](c4c(F)c(F)c(F)c(F)c4F)([C@H]2C)[P+]2(c4c(C(C)C)cc(C(C)C)cc4C(C)C)CC[B@-]3(c3c(F)c(F)c(F)c(F)c3F)[C@@H]2C)c(C(C)C)c1.Cc1ccccc1.Cc1ccccc1. The van der Waals surface area contributed by atoms with E-state index in [-0.39, 0.29) is 60.5 Å². The molecule has 3 aliphatic heterocycles. The van der Waals surface area contributed by atoms with Crippen LogP contribution in [0.2, 0.25) is 12.6 Å². The smallest absolute Gasteiger partial charge is 0.207 e. The number of aryl methyl sites for hydroxylation is 2. The number of halogens is 10. The van der Waals surface area contributed by atoms with Gasteiger partial charge in [0.05, 0.1) is 10.6 Å². The topological polar surface area (TPSA) is 0 Å². The molecule has 78 heavy (non-hydrogen) atoms. The van der Waals surface area contributed by atoms with Gasteiger partial charge in [-0.2, -0.15) is 0 Å². The van der Waals surface area contributed by atoms with Gasteiger partial charge in [-0.1, -0.05) is 204 Å². The van der Waals surface area contributed by atoms with E-state index in [1.54, 1.807) is 13.8 Å². The van der Waals surface area contributed by atoms with Crippen LogP contribution in [0.4, 0.5) is 43.9 Å². The molecule has 0 spiro atoms. The maximum absolute atomic E-state index is 17.5. The Morgan fingerprint density at radius 1 is 0.359 bits per heavy atom. The van der Waals surface area contributed by atoms with Crippen molar-refractivity contribution in [3.63, 3.8) is 0 Å². The summed E-state index contributed by atoms with van der Waals surface area (Å²) in [6.07, 6.45) is 0.0360. The second-order valence-electron chi connectivity index (χ2n) is 24.8. The van der Waals surface area contributed by atoms with Gasteiger partial charge in [-0.05, 0) is 106 Å². The van der Waals surface area contributed by atoms with Crippen LogP contribution in [0.1, 0.15) is 177 Å². The summed E-state index contributed by atoms with van der Waals surface area (Å²) in [5, 5.41) is 1.50. The summed E-state index contributed by atoms with van der Waals surface area (Å²) in [5.41, 5.74) is 4.23. The molecule has 0 aliphatic carbocycles. The quantitative estimate of drug-likeness (QED) is 0.0422. The Labute approximate surface area is 459 Å². The minimum atomic E-state index is -3.63. The summed E-state index contributed by atoms with van der Waals surface area (Å²) in [6, 6.07) is 28.7. The van der Waals surface area contributed by atoms with E-state index in [0.29, 0.717) is 0 Å². The monoisotopic (exact) mass is 1120 g/mol. The van der Waals surface area contributed by atoms with Gasteiger partial charge in [-0.3, -0.25) is 0 Å². The van der Waals surface area contributed by atoms with Crippen molar-refractivity contribution in [1.29, 1.82) is 0 Å². The third kappa shape index (κ3) is 9.33. The molecule has 3 aliphatic rings. The molecule has 0 radical (unpaired) electrons. The van der Waals surface area contributed by atoms with Gasteiger partial charge in [0.2, 0.25) is 11.7 Å². The van der Waals surface area contributed by atoms with E-state index in [0.717, 1.165) is 44.0 Å². The first-order chi connectivity index (χ1) is 36.5. The molecule has 3 fully saturated rings. The van der Waals surface area contributed by atoms with Crippen LogP contribution < -0.4 is 21.5 Å². The van der Waals surface area contributed by atoms with Gasteiger partial charge in [0.15, 0.2) is 34.9 Å². The second kappa shape index (κ2) is 22.9. The lowest BCUT2D eigenvalue weighted by Gasteiger charge is -2.65. The Morgan fingerprint density at radius 3 is 0.782 bits per heavy atom. The predicted molar refractivity (Wildman–Crippen MR) is 314 cm³/mol. The molecule has 9 rings (SSSR count). The van der Waals surface area contributed by atoms with Crippen molar-refractivity contribution in [1.82, 2.24) is 0 Å². The van der Waals surface area contributed by atoms with Crippen molar-refractivity contribution in [2.24, 2.45) is 0 Å². The first kappa shape index (κ1) is 61.2. The van der Waals surface area contributed by atoms with Gasteiger partial charge in [0, 0.05) is 0 Å². The zero-order chi connectivity index (χ0) is 58.0. The fourth-order valence-electron chi connectivity index (χ4n) is 15.4. The lowest BCUT2D eigenvalue weighted by molar-refractivity contribution is 0.383. The average molecular weight is 1120 g/mol. The third-order valence-electron chi connectivity index (χ3n) is 19.0. The average Bonchev–Trinajstić information content (AvgIpc) is 4.01. The molecule has 3 heterocycles. The van der Waals surface area contributed by atoms with Gasteiger partial charge in [-0.15, -0.1) is 26.9 Å². The number of benzene rings is 6. The van der Waals surface area contributed by atoms with Crippen LogP contribution in [0.3, 0.4) is 0 Å². The first-order valence-corrected chi connectivity index (χ1v) is 32.2. The maximum Gasteiger partial charge on any atom is 0.238 e. The van der Waals surface area contributed by atoms with Crippen molar-refractivity contribution >= 4 is 47.5 Å². The van der Waals surface area contributed by atoms with Crippen molar-refractivity contribution < 1.29 is 43.9 Å². The Hall–Kier alpha value is -4.39. The molecule has 6 aromatic carbocycles. The van der Waals surface area contributed by atoms with E-state index >= 15 is 43.9 Å². The van der Waals surface area contributed by atoms with E-state index in [1.807, 2.05) is 119 Å². The van der Waals surface area contributed by atoms with Crippen molar-refractivity contribution in [2.45, 2.75) is 170 Å². The van der Waals surface area contributed by atoms with Gasteiger partial charge in [0.1, 0.15) is 23.3 Å². The maximum atomic E-state index is 17.5. The second-order valence-corrected chi connectivity index (χ2v) is 33.8. The highest BCUT2D eigenvalue weighted by atomic mass is 31.2. The Morgan fingerprint density at radius 2 is 0.590 bits per heavy atom. The van der Waals surface area contributed by atoms with Crippen LogP contribution in [-0.2, 0) is 0 Å². The molecule has 3 saturated heterocycles. The highest BCUT2D eigenvalue weighted by Crippen LogP contribution is 2.96. The highest BCUT2D eigenvalue weighted by Gasteiger charge is 2.86. The summed E-state index contributed by atoms with van der Waals surface area (Å²) in [4.78, 5) is 0. The Bertz CT molecular complexity index is 2870. The molecule has 2 unspecified atom stereocenters. The minimum absolute atomic E-state index is 0.0280. The van der Waals surface area contributed by atoms with E-state index < -0.39 is 106 Å². The fraction of sp³-hybridized carbons (Fsp3) is 0.438. The normalized spacial score (nSPS) is 23.4. The summed E-state index contributed by atoms with van der Waals surface area (Å²) in [7, 11) is -7.26. The van der Waals surface area contributed by atoms with Crippen LogP contribution >= 0.6 is 14.3 Å². The summed E-state index contributed by atoms with van der Waals surface area (Å²) < 4.78 is 165. The molecule has 4 bridgehead atoms. The van der Waals surface area contributed by atoms with Crippen LogP contribution in [0.5, 0.6) is 0 Å². The molecule has 0 saturated carbocycles. The van der Waals surface area contributed by atoms with Gasteiger partial charge in [0.25, 0.3) is 0 Å². The Kier molecular flexibility index (Phi) is 18.0. The molecule has 6 aromatic rings. The van der Waals surface area contributed by atoms with Gasteiger partial charge in [-0.25, -0.2) is 43.9 Å². The molecule has 0 N–H and O–H groups in total. The summed E-state index contributed by atoms with van der Waals surface area (Å²) >= 11 is 0. The van der Waals surface area contributed by atoms with E-state index in [1.165, 1.54) is 11.1 Å². The van der Waals surface area contributed by atoms with Crippen LogP contribution in [0, 0.1) is 72.0 Å². The Balaban J connectivity index is 0.000000546.